The third-order valence-electron chi connectivity index (χ3n) is 1.33. The first-order valence-corrected chi connectivity index (χ1v) is 4.33. The summed E-state index contributed by atoms with van der Waals surface area (Å²) in [7, 11) is 0. The van der Waals surface area contributed by atoms with E-state index in [1.54, 1.807) is 0 Å². The topological polar surface area (TPSA) is 47.9 Å². The molecule has 0 aliphatic rings. The first-order valence-electron chi connectivity index (χ1n) is 4.33. The fraction of sp³-hybridized carbons (Fsp3) is 1.00. The Balaban J connectivity index is 2.73. The van der Waals surface area contributed by atoms with Crippen LogP contribution in [0.25, 0.3) is 0 Å². The van der Waals surface area contributed by atoms with E-state index in [-0.39, 0.29) is 6.61 Å². The predicted molar refractivity (Wildman–Crippen MR) is 45.1 cm³/mol. The second-order valence-electron chi connectivity index (χ2n) is 2.41. The van der Waals surface area contributed by atoms with Crippen LogP contribution in [0.2, 0.25) is 0 Å². The van der Waals surface area contributed by atoms with Gasteiger partial charge in [0.1, 0.15) is 6.61 Å². The van der Waals surface area contributed by atoms with E-state index in [9.17, 15) is 0 Å². The van der Waals surface area contributed by atoms with Crippen molar-refractivity contribution < 1.29 is 19.6 Å². The summed E-state index contributed by atoms with van der Waals surface area (Å²) in [5.74, 6) is 0. The highest BCUT2D eigenvalue weighted by Crippen LogP contribution is 1.87. The van der Waals surface area contributed by atoms with Gasteiger partial charge in [-0.05, 0) is 6.42 Å². The van der Waals surface area contributed by atoms with Crippen molar-refractivity contribution in [3.63, 3.8) is 0 Å². The van der Waals surface area contributed by atoms with Crippen LogP contribution in [0.3, 0.4) is 0 Å². The van der Waals surface area contributed by atoms with Crippen LogP contribution >= 0.6 is 0 Å². The zero-order valence-corrected chi connectivity index (χ0v) is 7.62. The van der Waals surface area contributed by atoms with Crippen molar-refractivity contribution in [3.8, 4) is 0 Å². The monoisotopic (exact) mass is 178 g/mol. The highest BCUT2D eigenvalue weighted by molar-refractivity contribution is 4.33. The Hall–Kier alpha value is -0.160. The summed E-state index contributed by atoms with van der Waals surface area (Å²) in [6.07, 6.45) is 2.25. The van der Waals surface area contributed by atoms with Gasteiger partial charge < -0.3 is 9.47 Å². The molecule has 0 aromatic carbocycles. The molecule has 12 heavy (non-hydrogen) atoms. The molecule has 1 N–H and O–H groups in total. The molecule has 0 aliphatic heterocycles. The van der Waals surface area contributed by atoms with E-state index in [1.807, 2.05) is 0 Å². The first kappa shape index (κ1) is 11.8. The van der Waals surface area contributed by atoms with Gasteiger partial charge in [-0.15, -0.1) is 0 Å². The Labute approximate surface area is 73.4 Å². The van der Waals surface area contributed by atoms with Crippen LogP contribution in [0, 0.1) is 0 Å². The second-order valence-corrected chi connectivity index (χ2v) is 2.41. The molecular weight excluding hydrogens is 160 g/mol. The SMILES string of the molecule is CCCCOCCOCCOO. The van der Waals surface area contributed by atoms with Crippen molar-refractivity contribution in [2.75, 3.05) is 33.0 Å². The molecule has 0 amide bonds. The molecule has 0 rings (SSSR count). The molecule has 0 saturated heterocycles. The molecular formula is C8H18O4. The van der Waals surface area contributed by atoms with Gasteiger partial charge in [0.25, 0.3) is 0 Å². The summed E-state index contributed by atoms with van der Waals surface area (Å²) in [6, 6.07) is 0. The molecule has 0 aliphatic carbocycles. The van der Waals surface area contributed by atoms with Gasteiger partial charge in [-0.2, -0.15) is 0 Å². The fourth-order valence-electron chi connectivity index (χ4n) is 0.665. The Morgan fingerprint density at radius 1 is 0.917 bits per heavy atom. The van der Waals surface area contributed by atoms with Gasteiger partial charge in [-0.3, -0.25) is 5.26 Å². The third-order valence-corrected chi connectivity index (χ3v) is 1.33. The standard InChI is InChI=1S/C8H18O4/c1-2-3-4-10-5-6-11-7-8-12-9/h9H,2-8H2,1H3. The second kappa shape index (κ2) is 10.8. The Bertz CT molecular complexity index is 67.5. The van der Waals surface area contributed by atoms with E-state index < -0.39 is 0 Å². The number of unbranched alkanes of at least 4 members (excludes halogenated alkanes) is 1. The number of ether oxygens (including phenoxy) is 2. The van der Waals surface area contributed by atoms with Gasteiger partial charge in [0.05, 0.1) is 19.8 Å². The van der Waals surface area contributed by atoms with Crippen molar-refractivity contribution >= 4 is 0 Å². The minimum absolute atomic E-state index is 0.217. The largest absolute Gasteiger partial charge is 0.379 e. The minimum atomic E-state index is 0.217. The van der Waals surface area contributed by atoms with E-state index in [0.29, 0.717) is 19.8 Å². The summed E-state index contributed by atoms with van der Waals surface area (Å²) in [6.45, 7) is 4.73. The number of hydrogen-bond acceptors (Lipinski definition) is 4. The molecule has 0 saturated carbocycles. The first-order chi connectivity index (χ1) is 5.91. The zero-order chi connectivity index (χ0) is 9.07. The van der Waals surface area contributed by atoms with E-state index in [1.165, 1.54) is 0 Å². The van der Waals surface area contributed by atoms with Crippen molar-refractivity contribution in [2.45, 2.75) is 19.8 Å². The van der Waals surface area contributed by atoms with Crippen LogP contribution in [0.5, 0.6) is 0 Å². The Morgan fingerprint density at radius 2 is 1.50 bits per heavy atom. The lowest BCUT2D eigenvalue weighted by atomic mass is 10.4. The molecule has 4 nitrogen and oxygen atoms in total. The fourth-order valence-corrected chi connectivity index (χ4v) is 0.665. The third kappa shape index (κ3) is 9.84. The lowest BCUT2D eigenvalue weighted by Gasteiger charge is -2.03. The van der Waals surface area contributed by atoms with Gasteiger partial charge in [-0.1, -0.05) is 13.3 Å². The van der Waals surface area contributed by atoms with Crippen LogP contribution in [0.4, 0.5) is 0 Å². The molecule has 74 valence electrons. The molecule has 0 fully saturated rings. The summed E-state index contributed by atoms with van der Waals surface area (Å²) in [4.78, 5) is 3.82. The molecule has 0 spiro atoms. The average molecular weight is 178 g/mol. The highest BCUT2D eigenvalue weighted by atomic mass is 17.1. The molecule has 0 bridgehead atoms. The van der Waals surface area contributed by atoms with Gasteiger partial charge in [0.2, 0.25) is 0 Å². The molecule has 0 radical (unpaired) electrons. The molecule has 0 heterocycles. The summed E-state index contributed by atoms with van der Waals surface area (Å²) in [5.41, 5.74) is 0. The van der Waals surface area contributed by atoms with E-state index in [0.717, 1.165) is 19.4 Å². The van der Waals surface area contributed by atoms with Crippen LogP contribution in [-0.4, -0.2) is 38.3 Å². The summed E-state index contributed by atoms with van der Waals surface area (Å²) in [5, 5.41) is 7.93. The van der Waals surface area contributed by atoms with Gasteiger partial charge in [0.15, 0.2) is 0 Å². The van der Waals surface area contributed by atoms with Crippen molar-refractivity contribution in [1.82, 2.24) is 0 Å². The van der Waals surface area contributed by atoms with Crippen LogP contribution in [0.1, 0.15) is 19.8 Å². The molecule has 0 atom stereocenters. The van der Waals surface area contributed by atoms with Gasteiger partial charge in [0, 0.05) is 6.61 Å². The average Bonchev–Trinajstić information content (AvgIpc) is 2.10. The lowest BCUT2D eigenvalue weighted by molar-refractivity contribution is -0.249. The maximum Gasteiger partial charge on any atom is 0.105 e. The maximum atomic E-state index is 7.93. The maximum absolute atomic E-state index is 7.93. The smallest absolute Gasteiger partial charge is 0.105 e. The summed E-state index contributed by atoms with van der Waals surface area (Å²) < 4.78 is 10.3. The van der Waals surface area contributed by atoms with Crippen molar-refractivity contribution in [3.05, 3.63) is 0 Å². The molecule has 0 aromatic heterocycles. The lowest BCUT2D eigenvalue weighted by Crippen LogP contribution is -2.08. The molecule has 0 aromatic rings. The van der Waals surface area contributed by atoms with Crippen molar-refractivity contribution in [1.29, 1.82) is 0 Å². The van der Waals surface area contributed by atoms with Crippen LogP contribution in [0.15, 0.2) is 0 Å². The zero-order valence-electron chi connectivity index (χ0n) is 7.62. The molecule has 0 unspecified atom stereocenters. The normalized spacial score (nSPS) is 10.5. The van der Waals surface area contributed by atoms with Gasteiger partial charge in [-0.25, -0.2) is 4.89 Å². The number of hydrogen-bond donors (Lipinski definition) is 1. The van der Waals surface area contributed by atoms with E-state index in [4.69, 9.17) is 14.7 Å². The minimum Gasteiger partial charge on any atom is -0.379 e. The Morgan fingerprint density at radius 3 is 2.08 bits per heavy atom. The molecule has 4 heteroatoms. The number of rotatable bonds is 9. The van der Waals surface area contributed by atoms with Gasteiger partial charge >= 0.3 is 0 Å². The van der Waals surface area contributed by atoms with Crippen molar-refractivity contribution in [2.24, 2.45) is 0 Å². The predicted octanol–water partition coefficient (Wildman–Crippen LogP) is 1.31. The Kier molecular flexibility index (Phi) is 10.7. The quantitative estimate of drug-likeness (QED) is 0.328. The highest BCUT2D eigenvalue weighted by Gasteiger charge is 1.89. The van der Waals surface area contributed by atoms with Crippen LogP contribution in [-0.2, 0) is 14.4 Å². The van der Waals surface area contributed by atoms with Crippen LogP contribution < -0.4 is 0 Å². The van der Waals surface area contributed by atoms with E-state index >= 15 is 0 Å². The van der Waals surface area contributed by atoms with E-state index in [2.05, 4.69) is 11.8 Å². The summed E-state index contributed by atoms with van der Waals surface area (Å²) >= 11 is 0.